The maximum Gasteiger partial charge on any atom is 0.229 e. The summed E-state index contributed by atoms with van der Waals surface area (Å²) in [6.07, 6.45) is 5.05. The van der Waals surface area contributed by atoms with E-state index >= 15 is 0 Å². The van der Waals surface area contributed by atoms with Gasteiger partial charge < -0.3 is 10.6 Å². The molecule has 2 rings (SSSR count). The first kappa shape index (κ1) is 13.4. The molecule has 100 valence electrons. The summed E-state index contributed by atoms with van der Waals surface area (Å²) < 4.78 is 0. The van der Waals surface area contributed by atoms with E-state index in [9.17, 15) is 4.79 Å². The summed E-state index contributed by atoms with van der Waals surface area (Å²) in [5, 5.41) is 15.9. The zero-order chi connectivity index (χ0) is 12.8. The Labute approximate surface area is 111 Å². The topological polar surface area (TPSA) is 66.9 Å². The normalized spacial score (nSPS) is 16.7. The highest BCUT2D eigenvalue weighted by Crippen LogP contribution is 2.20. The van der Waals surface area contributed by atoms with Crippen LogP contribution in [0.25, 0.3) is 0 Å². The molecule has 6 heteroatoms. The van der Waals surface area contributed by atoms with Gasteiger partial charge in [0, 0.05) is 12.3 Å². The molecule has 1 aromatic rings. The summed E-state index contributed by atoms with van der Waals surface area (Å²) in [7, 11) is 0. The van der Waals surface area contributed by atoms with E-state index in [0.29, 0.717) is 5.13 Å². The van der Waals surface area contributed by atoms with E-state index in [1.807, 2.05) is 0 Å². The molecule has 0 saturated carbocycles. The van der Waals surface area contributed by atoms with E-state index in [1.54, 1.807) is 0 Å². The highest BCUT2D eigenvalue weighted by Gasteiger charge is 2.21. The second-order valence-electron chi connectivity index (χ2n) is 4.62. The number of aromatic nitrogens is 2. The van der Waals surface area contributed by atoms with Gasteiger partial charge in [-0.15, -0.1) is 10.2 Å². The summed E-state index contributed by atoms with van der Waals surface area (Å²) in [6.45, 7) is 4.01. The summed E-state index contributed by atoms with van der Waals surface area (Å²) in [4.78, 5) is 12.0. The SMILES string of the molecule is CCCCc1nnc(NC(=O)C2CCNCC2)s1. The van der Waals surface area contributed by atoms with E-state index < -0.39 is 0 Å². The predicted octanol–water partition coefficient (Wildman–Crippen LogP) is 1.82. The van der Waals surface area contributed by atoms with Gasteiger partial charge in [0.05, 0.1) is 0 Å². The average Bonchev–Trinajstić information content (AvgIpc) is 2.85. The van der Waals surface area contributed by atoms with Crippen LogP contribution in [0.1, 0.15) is 37.6 Å². The van der Waals surface area contributed by atoms with Crippen molar-refractivity contribution in [2.75, 3.05) is 18.4 Å². The molecule has 0 spiro atoms. The third-order valence-electron chi connectivity index (χ3n) is 3.15. The molecule has 1 amide bonds. The van der Waals surface area contributed by atoms with Crippen LogP contribution in [-0.2, 0) is 11.2 Å². The van der Waals surface area contributed by atoms with Crippen LogP contribution in [0.5, 0.6) is 0 Å². The molecule has 0 aromatic carbocycles. The fourth-order valence-electron chi connectivity index (χ4n) is 2.02. The van der Waals surface area contributed by atoms with Gasteiger partial charge in [0.25, 0.3) is 0 Å². The Morgan fingerprint density at radius 3 is 2.94 bits per heavy atom. The number of carbonyl (C=O) groups excluding carboxylic acids is 1. The number of anilines is 1. The second-order valence-corrected chi connectivity index (χ2v) is 5.68. The minimum atomic E-state index is 0.0923. The maximum atomic E-state index is 12.0. The molecule has 0 radical (unpaired) electrons. The van der Waals surface area contributed by atoms with Crippen molar-refractivity contribution in [3.05, 3.63) is 5.01 Å². The van der Waals surface area contributed by atoms with Crippen molar-refractivity contribution < 1.29 is 4.79 Å². The molecule has 1 aliphatic heterocycles. The Morgan fingerprint density at radius 2 is 2.22 bits per heavy atom. The Bertz CT molecular complexity index is 387. The van der Waals surface area contributed by atoms with Crippen LogP contribution in [0.2, 0.25) is 0 Å². The van der Waals surface area contributed by atoms with E-state index in [4.69, 9.17) is 0 Å². The lowest BCUT2D eigenvalue weighted by molar-refractivity contribution is -0.120. The highest BCUT2D eigenvalue weighted by atomic mass is 32.1. The molecule has 1 saturated heterocycles. The first-order valence-electron chi connectivity index (χ1n) is 6.63. The van der Waals surface area contributed by atoms with Crippen molar-refractivity contribution in [2.24, 2.45) is 5.92 Å². The predicted molar refractivity (Wildman–Crippen MR) is 72.7 cm³/mol. The zero-order valence-electron chi connectivity index (χ0n) is 10.7. The molecular formula is C12H20N4OS. The van der Waals surface area contributed by atoms with Crippen LogP contribution < -0.4 is 10.6 Å². The molecule has 0 bridgehead atoms. The lowest BCUT2D eigenvalue weighted by atomic mass is 9.97. The number of piperidine rings is 1. The van der Waals surface area contributed by atoms with Crippen molar-refractivity contribution in [3.63, 3.8) is 0 Å². The number of aryl methyl sites for hydroxylation is 1. The van der Waals surface area contributed by atoms with Crippen molar-refractivity contribution in [1.29, 1.82) is 0 Å². The average molecular weight is 268 g/mol. The molecule has 1 aliphatic rings. The smallest absolute Gasteiger partial charge is 0.229 e. The summed E-state index contributed by atoms with van der Waals surface area (Å²) in [6, 6.07) is 0. The zero-order valence-corrected chi connectivity index (χ0v) is 11.6. The van der Waals surface area contributed by atoms with Crippen LogP contribution in [-0.4, -0.2) is 29.2 Å². The third kappa shape index (κ3) is 3.74. The molecule has 1 fully saturated rings. The van der Waals surface area contributed by atoms with Gasteiger partial charge in [-0.1, -0.05) is 24.7 Å². The molecule has 0 aliphatic carbocycles. The summed E-state index contributed by atoms with van der Waals surface area (Å²) in [5.74, 6) is 0.212. The van der Waals surface area contributed by atoms with Crippen LogP contribution in [0.3, 0.4) is 0 Å². The lowest BCUT2D eigenvalue weighted by Gasteiger charge is -2.20. The number of hydrogen-bond donors (Lipinski definition) is 2. The monoisotopic (exact) mass is 268 g/mol. The molecule has 5 nitrogen and oxygen atoms in total. The Kier molecular flexibility index (Phi) is 5.07. The minimum Gasteiger partial charge on any atom is -0.317 e. The number of amides is 1. The standard InChI is InChI=1S/C12H20N4OS/c1-2-3-4-10-15-16-12(18-10)14-11(17)9-5-7-13-8-6-9/h9,13H,2-8H2,1H3,(H,14,16,17). The van der Waals surface area contributed by atoms with Gasteiger partial charge >= 0.3 is 0 Å². The van der Waals surface area contributed by atoms with E-state index in [-0.39, 0.29) is 11.8 Å². The fourth-order valence-corrected chi connectivity index (χ4v) is 2.81. The third-order valence-corrected chi connectivity index (χ3v) is 4.05. The first-order chi connectivity index (χ1) is 8.79. The van der Waals surface area contributed by atoms with Gasteiger partial charge in [-0.25, -0.2) is 0 Å². The molecular weight excluding hydrogens is 248 g/mol. The largest absolute Gasteiger partial charge is 0.317 e. The Morgan fingerprint density at radius 1 is 1.44 bits per heavy atom. The van der Waals surface area contributed by atoms with Crippen molar-refractivity contribution in [2.45, 2.75) is 39.0 Å². The molecule has 0 atom stereocenters. The minimum absolute atomic E-state index is 0.0923. The number of carbonyl (C=O) groups is 1. The Hall–Kier alpha value is -1.01. The summed E-state index contributed by atoms with van der Waals surface area (Å²) in [5.41, 5.74) is 0. The fraction of sp³-hybridized carbons (Fsp3) is 0.750. The number of nitrogens with zero attached hydrogens (tertiary/aromatic N) is 2. The lowest BCUT2D eigenvalue weighted by Crippen LogP contribution is -2.34. The van der Waals surface area contributed by atoms with Crippen LogP contribution in [0, 0.1) is 5.92 Å². The van der Waals surface area contributed by atoms with Gasteiger partial charge in [0.2, 0.25) is 11.0 Å². The van der Waals surface area contributed by atoms with Gasteiger partial charge in [-0.05, 0) is 32.4 Å². The number of nitrogens with one attached hydrogen (secondary N) is 2. The van der Waals surface area contributed by atoms with E-state index in [2.05, 4.69) is 27.8 Å². The first-order valence-corrected chi connectivity index (χ1v) is 7.45. The molecule has 0 unspecified atom stereocenters. The van der Waals surface area contributed by atoms with Crippen molar-refractivity contribution >= 4 is 22.4 Å². The van der Waals surface area contributed by atoms with Gasteiger partial charge in [-0.2, -0.15) is 0 Å². The number of unbranched alkanes of at least 4 members (excludes halogenated alkanes) is 1. The maximum absolute atomic E-state index is 12.0. The molecule has 2 N–H and O–H groups in total. The Balaban J connectivity index is 1.84. The van der Waals surface area contributed by atoms with E-state index in [0.717, 1.165) is 50.2 Å². The van der Waals surface area contributed by atoms with Gasteiger partial charge in [0.15, 0.2) is 0 Å². The van der Waals surface area contributed by atoms with Crippen molar-refractivity contribution in [3.8, 4) is 0 Å². The van der Waals surface area contributed by atoms with Gasteiger partial charge in [-0.3, -0.25) is 4.79 Å². The summed E-state index contributed by atoms with van der Waals surface area (Å²) >= 11 is 1.50. The van der Waals surface area contributed by atoms with Crippen LogP contribution >= 0.6 is 11.3 Å². The molecule has 18 heavy (non-hydrogen) atoms. The van der Waals surface area contributed by atoms with Gasteiger partial charge in [0.1, 0.15) is 5.01 Å². The molecule has 1 aromatic heterocycles. The number of rotatable bonds is 5. The molecule has 2 heterocycles. The van der Waals surface area contributed by atoms with Crippen molar-refractivity contribution in [1.82, 2.24) is 15.5 Å². The quantitative estimate of drug-likeness (QED) is 0.855. The van der Waals surface area contributed by atoms with Crippen LogP contribution in [0.15, 0.2) is 0 Å². The number of hydrogen-bond acceptors (Lipinski definition) is 5. The second kappa shape index (κ2) is 6.80. The van der Waals surface area contributed by atoms with Crippen LogP contribution in [0.4, 0.5) is 5.13 Å². The van der Waals surface area contributed by atoms with E-state index in [1.165, 1.54) is 11.3 Å². The highest BCUT2D eigenvalue weighted by molar-refractivity contribution is 7.15.